The molecule has 4 aliphatic rings. The summed E-state index contributed by atoms with van der Waals surface area (Å²) in [7, 11) is 0. The average molecular weight is 209 g/mol. The predicted octanol–water partition coefficient (Wildman–Crippen LogP) is 1.80. The molecule has 0 radical (unpaired) electrons. The van der Waals surface area contributed by atoms with Crippen molar-refractivity contribution in [1.82, 2.24) is 0 Å². The number of nitrogens with zero attached hydrogens (tertiary/aromatic N) is 1. The summed E-state index contributed by atoms with van der Waals surface area (Å²) in [6, 6.07) is 0. The van der Waals surface area contributed by atoms with Crippen molar-refractivity contribution in [3.05, 3.63) is 0 Å². The summed E-state index contributed by atoms with van der Waals surface area (Å²) in [5.74, 6) is 0.342. The van der Waals surface area contributed by atoms with Crippen LogP contribution in [0.5, 0.6) is 0 Å². The molecule has 3 fully saturated rings. The first-order valence-electron chi connectivity index (χ1n) is 5.68. The Kier molecular flexibility index (Phi) is 1.82. The van der Waals surface area contributed by atoms with Gasteiger partial charge in [-0.25, -0.2) is 4.79 Å². The summed E-state index contributed by atoms with van der Waals surface area (Å²) in [5, 5.41) is 12.6. The van der Waals surface area contributed by atoms with Gasteiger partial charge in [0, 0.05) is 12.3 Å². The number of hydrogen-bond acceptors (Lipinski definition) is 3. The topological polar surface area (TPSA) is 58.9 Å². The van der Waals surface area contributed by atoms with Gasteiger partial charge >= 0.3 is 5.97 Å². The van der Waals surface area contributed by atoms with Crippen molar-refractivity contribution in [2.24, 2.45) is 17.0 Å². The summed E-state index contributed by atoms with van der Waals surface area (Å²) >= 11 is 0. The van der Waals surface area contributed by atoms with E-state index in [0.717, 1.165) is 12.3 Å². The van der Waals surface area contributed by atoms with Crippen molar-refractivity contribution in [1.29, 1.82) is 0 Å². The van der Waals surface area contributed by atoms with Crippen LogP contribution in [-0.2, 0) is 9.63 Å². The maximum Gasteiger partial charge on any atom is 0.353 e. The highest BCUT2D eigenvalue weighted by molar-refractivity contribution is 6.36. The van der Waals surface area contributed by atoms with Gasteiger partial charge in [-0.2, -0.15) is 0 Å². The van der Waals surface area contributed by atoms with Crippen LogP contribution in [0.1, 0.15) is 38.5 Å². The third-order valence-corrected chi connectivity index (χ3v) is 4.28. The highest BCUT2D eigenvalue weighted by atomic mass is 16.7. The van der Waals surface area contributed by atoms with Crippen molar-refractivity contribution >= 4 is 11.7 Å². The van der Waals surface area contributed by atoms with Gasteiger partial charge in [-0.3, -0.25) is 0 Å². The van der Waals surface area contributed by atoms with E-state index in [2.05, 4.69) is 5.16 Å². The summed E-state index contributed by atoms with van der Waals surface area (Å²) in [4.78, 5) is 16.3. The molecule has 15 heavy (non-hydrogen) atoms. The van der Waals surface area contributed by atoms with E-state index in [0.29, 0.717) is 12.3 Å². The van der Waals surface area contributed by atoms with Crippen LogP contribution >= 0.6 is 0 Å². The molecule has 1 N–H and O–H groups in total. The number of hydrogen-bond donors (Lipinski definition) is 1. The van der Waals surface area contributed by atoms with Gasteiger partial charge in [0.05, 0.1) is 0 Å². The van der Waals surface area contributed by atoms with Crippen molar-refractivity contribution in [3.63, 3.8) is 0 Å². The Morgan fingerprint density at radius 2 is 2.13 bits per heavy atom. The summed E-state index contributed by atoms with van der Waals surface area (Å²) in [6.45, 7) is 0. The number of rotatable bonds is 1. The Hall–Kier alpha value is -1.06. The zero-order valence-corrected chi connectivity index (χ0v) is 8.61. The van der Waals surface area contributed by atoms with E-state index < -0.39 is 5.97 Å². The first-order chi connectivity index (χ1) is 7.20. The van der Waals surface area contributed by atoms with Crippen LogP contribution in [0.15, 0.2) is 5.16 Å². The van der Waals surface area contributed by atoms with E-state index in [9.17, 15) is 4.79 Å². The van der Waals surface area contributed by atoms with Gasteiger partial charge in [-0.15, -0.1) is 0 Å². The molecular weight excluding hydrogens is 194 g/mol. The minimum atomic E-state index is -0.923. The van der Waals surface area contributed by atoms with E-state index in [-0.39, 0.29) is 11.3 Å². The van der Waals surface area contributed by atoms with E-state index in [4.69, 9.17) is 9.94 Å². The first kappa shape index (κ1) is 9.19. The highest BCUT2D eigenvalue weighted by Gasteiger charge is 2.53. The summed E-state index contributed by atoms with van der Waals surface area (Å²) in [6.07, 6.45) is 6.48. The molecule has 2 bridgehead atoms. The largest absolute Gasteiger partial charge is 0.477 e. The Balaban J connectivity index is 1.81. The zero-order valence-electron chi connectivity index (χ0n) is 8.61. The molecule has 0 saturated heterocycles. The summed E-state index contributed by atoms with van der Waals surface area (Å²) in [5.41, 5.74) is -0.0305. The molecule has 0 aromatic heterocycles. The van der Waals surface area contributed by atoms with Crippen molar-refractivity contribution < 1.29 is 14.7 Å². The third-order valence-electron chi connectivity index (χ3n) is 4.28. The SMILES string of the molecule is O=C(O)C1=NOC2(C1)CC1CCC2CC1. The molecule has 0 amide bonds. The second-order valence-electron chi connectivity index (χ2n) is 5.10. The lowest BCUT2D eigenvalue weighted by Gasteiger charge is -2.47. The van der Waals surface area contributed by atoms with Crippen LogP contribution < -0.4 is 0 Å². The Labute approximate surface area is 88.3 Å². The van der Waals surface area contributed by atoms with Gasteiger partial charge in [0.25, 0.3) is 0 Å². The number of carbonyl (C=O) groups is 1. The molecule has 1 atom stereocenters. The van der Waals surface area contributed by atoms with Gasteiger partial charge in [-0.05, 0) is 38.0 Å². The molecule has 1 aliphatic heterocycles. The van der Waals surface area contributed by atoms with Crippen molar-refractivity contribution in [3.8, 4) is 0 Å². The number of carboxylic acid groups (broad SMARTS) is 1. The summed E-state index contributed by atoms with van der Waals surface area (Å²) < 4.78 is 0. The number of carboxylic acids is 1. The van der Waals surface area contributed by atoms with Gasteiger partial charge in [-0.1, -0.05) is 5.16 Å². The molecular formula is C11H15NO3. The monoisotopic (exact) mass is 209 g/mol. The first-order valence-corrected chi connectivity index (χ1v) is 5.68. The quantitative estimate of drug-likeness (QED) is 0.716. The molecule has 4 rings (SSSR count). The Bertz CT molecular complexity index is 331. The van der Waals surface area contributed by atoms with E-state index in [1.807, 2.05) is 0 Å². The van der Waals surface area contributed by atoms with Gasteiger partial charge in [0.1, 0.15) is 5.60 Å². The van der Waals surface area contributed by atoms with Crippen LogP contribution in [0.4, 0.5) is 0 Å². The molecule has 4 heteroatoms. The second-order valence-corrected chi connectivity index (χ2v) is 5.10. The lowest BCUT2D eigenvalue weighted by atomic mass is 9.61. The van der Waals surface area contributed by atoms with Crippen molar-refractivity contribution in [2.75, 3.05) is 0 Å². The fourth-order valence-corrected chi connectivity index (χ4v) is 3.48. The molecule has 1 heterocycles. The van der Waals surface area contributed by atoms with Gasteiger partial charge in [0.15, 0.2) is 5.71 Å². The lowest BCUT2D eigenvalue weighted by molar-refractivity contribution is -0.129. The van der Waals surface area contributed by atoms with Crippen LogP contribution in [0.25, 0.3) is 0 Å². The average Bonchev–Trinajstić information content (AvgIpc) is 2.64. The van der Waals surface area contributed by atoms with E-state index in [1.54, 1.807) is 0 Å². The fraction of sp³-hybridized carbons (Fsp3) is 0.818. The maximum atomic E-state index is 10.8. The zero-order chi connectivity index (χ0) is 10.5. The lowest BCUT2D eigenvalue weighted by Crippen LogP contribution is -2.47. The maximum absolute atomic E-state index is 10.8. The van der Waals surface area contributed by atoms with E-state index in [1.165, 1.54) is 25.7 Å². The molecule has 4 nitrogen and oxygen atoms in total. The van der Waals surface area contributed by atoms with Crippen LogP contribution in [0.2, 0.25) is 0 Å². The van der Waals surface area contributed by atoms with Gasteiger partial charge < -0.3 is 9.94 Å². The molecule has 1 spiro atoms. The normalized spacial score (nSPS) is 42.8. The molecule has 1 unspecified atom stereocenters. The molecule has 0 aromatic carbocycles. The minimum Gasteiger partial charge on any atom is -0.477 e. The predicted molar refractivity (Wildman–Crippen MR) is 53.6 cm³/mol. The number of aliphatic carboxylic acids is 1. The van der Waals surface area contributed by atoms with Crippen LogP contribution in [-0.4, -0.2) is 22.4 Å². The molecule has 3 saturated carbocycles. The fourth-order valence-electron chi connectivity index (χ4n) is 3.48. The third kappa shape index (κ3) is 1.27. The molecule has 3 aliphatic carbocycles. The van der Waals surface area contributed by atoms with Crippen LogP contribution in [0.3, 0.4) is 0 Å². The van der Waals surface area contributed by atoms with Crippen LogP contribution in [0, 0.1) is 11.8 Å². The molecule has 82 valence electrons. The minimum absolute atomic E-state index is 0.211. The number of oxime groups is 1. The Morgan fingerprint density at radius 3 is 2.60 bits per heavy atom. The molecule has 0 aromatic rings. The smallest absolute Gasteiger partial charge is 0.353 e. The van der Waals surface area contributed by atoms with Gasteiger partial charge in [0.2, 0.25) is 0 Å². The highest BCUT2D eigenvalue weighted by Crippen LogP contribution is 2.52. The standard InChI is InChI=1S/C11H15NO3/c13-10(14)9-6-11(15-12-9)5-7-1-3-8(11)4-2-7/h7-8H,1-6H2,(H,13,14). The van der Waals surface area contributed by atoms with E-state index >= 15 is 0 Å². The number of fused-ring (bicyclic) bond motifs is 2. The van der Waals surface area contributed by atoms with Crippen molar-refractivity contribution in [2.45, 2.75) is 44.1 Å². The second kappa shape index (κ2) is 2.97. The Morgan fingerprint density at radius 1 is 1.40 bits per heavy atom.